The molecule has 3 rings (SSSR count). The van der Waals surface area contributed by atoms with Crippen molar-refractivity contribution in [3.05, 3.63) is 34.1 Å². The van der Waals surface area contributed by atoms with E-state index >= 15 is 0 Å². The average molecular weight is 355 g/mol. The highest BCUT2D eigenvalue weighted by molar-refractivity contribution is 9.10. The highest BCUT2D eigenvalue weighted by Crippen LogP contribution is 2.34. The van der Waals surface area contributed by atoms with Gasteiger partial charge in [0.15, 0.2) is 17.5 Å². The summed E-state index contributed by atoms with van der Waals surface area (Å²) >= 11 is 3.04. The van der Waals surface area contributed by atoms with Crippen LogP contribution in [-0.2, 0) is 0 Å². The van der Waals surface area contributed by atoms with E-state index in [9.17, 15) is 8.78 Å². The second kappa shape index (κ2) is 5.63. The Hall–Kier alpha value is -1.63. The lowest BCUT2D eigenvalue weighted by Gasteiger charge is -2.11. The van der Waals surface area contributed by atoms with E-state index in [1.807, 2.05) is 0 Å². The molecule has 0 saturated heterocycles. The van der Waals surface area contributed by atoms with Crippen molar-refractivity contribution < 1.29 is 8.78 Å². The minimum atomic E-state index is -0.964. The molecule has 0 aliphatic heterocycles. The maximum Gasteiger partial charge on any atom is 0.223 e. The van der Waals surface area contributed by atoms with Crippen LogP contribution >= 0.6 is 15.9 Å². The van der Waals surface area contributed by atoms with Crippen molar-refractivity contribution in [2.45, 2.75) is 31.6 Å². The number of hydrogen-bond donors (Lipinski definition) is 1. The Morgan fingerprint density at radius 3 is 2.52 bits per heavy atom. The Kier molecular flexibility index (Phi) is 3.84. The third-order valence-corrected chi connectivity index (χ3v) is 4.44. The molecule has 110 valence electrons. The van der Waals surface area contributed by atoms with Gasteiger partial charge < -0.3 is 5.73 Å². The van der Waals surface area contributed by atoms with Crippen LogP contribution in [0.2, 0.25) is 0 Å². The molecule has 7 heteroatoms. The molecule has 0 radical (unpaired) electrons. The molecule has 1 saturated carbocycles. The summed E-state index contributed by atoms with van der Waals surface area (Å²) in [6, 6.07) is 2.47. The summed E-state index contributed by atoms with van der Waals surface area (Å²) < 4.78 is 26.8. The van der Waals surface area contributed by atoms with E-state index in [1.165, 1.54) is 6.07 Å². The Morgan fingerprint density at radius 1 is 1.10 bits per heavy atom. The van der Waals surface area contributed by atoms with Gasteiger partial charge in [0.2, 0.25) is 5.95 Å². The van der Waals surface area contributed by atoms with Crippen LogP contribution in [0, 0.1) is 11.6 Å². The fourth-order valence-electron chi connectivity index (χ4n) is 2.60. The Morgan fingerprint density at radius 2 is 1.81 bits per heavy atom. The fraction of sp³-hybridized carbons (Fsp3) is 0.357. The van der Waals surface area contributed by atoms with Gasteiger partial charge in [0, 0.05) is 11.5 Å². The molecule has 2 aromatic rings. The first kappa shape index (κ1) is 14.3. The van der Waals surface area contributed by atoms with Crippen LogP contribution in [0.25, 0.3) is 11.4 Å². The quantitative estimate of drug-likeness (QED) is 0.832. The summed E-state index contributed by atoms with van der Waals surface area (Å²) in [6.07, 6.45) is 4.31. The topological polar surface area (TPSA) is 64.7 Å². The number of halogens is 3. The Labute approximate surface area is 129 Å². The summed E-state index contributed by atoms with van der Waals surface area (Å²) in [7, 11) is 0. The first-order valence-corrected chi connectivity index (χ1v) is 7.51. The fourth-order valence-corrected chi connectivity index (χ4v) is 3.09. The first-order valence-electron chi connectivity index (χ1n) is 6.71. The molecule has 2 N–H and O–H groups in total. The molecule has 0 unspecified atom stereocenters. The molecular formula is C14H13BrF2N4. The minimum Gasteiger partial charge on any atom is -0.368 e. The lowest BCUT2D eigenvalue weighted by atomic mass is 10.1. The average Bonchev–Trinajstić information content (AvgIpc) is 2.98. The van der Waals surface area contributed by atoms with Crippen molar-refractivity contribution in [1.82, 2.24) is 15.0 Å². The number of aromatic nitrogens is 3. The molecule has 1 fully saturated rings. The van der Waals surface area contributed by atoms with Gasteiger partial charge in [-0.25, -0.2) is 13.8 Å². The molecule has 1 heterocycles. The van der Waals surface area contributed by atoms with E-state index in [1.54, 1.807) is 0 Å². The van der Waals surface area contributed by atoms with Gasteiger partial charge in [-0.3, -0.25) is 0 Å². The lowest BCUT2D eigenvalue weighted by Crippen LogP contribution is -2.08. The third-order valence-electron chi connectivity index (χ3n) is 3.67. The van der Waals surface area contributed by atoms with Gasteiger partial charge in [0.25, 0.3) is 0 Å². The SMILES string of the molecule is Nc1nc(-c2ccc(F)c(F)c2Br)nc(C2CCCC2)n1. The zero-order valence-electron chi connectivity index (χ0n) is 11.1. The van der Waals surface area contributed by atoms with E-state index < -0.39 is 11.6 Å². The largest absolute Gasteiger partial charge is 0.368 e. The van der Waals surface area contributed by atoms with Crippen LogP contribution in [0.1, 0.15) is 37.4 Å². The molecule has 0 bridgehead atoms. The predicted molar refractivity (Wildman–Crippen MR) is 78.5 cm³/mol. The number of nitrogen functional groups attached to an aromatic ring is 1. The van der Waals surface area contributed by atoms with Crippen molar-refractivity contribution in [1.29, 1.82) is 0 Å². The van der Waals surface area contributed by atoms with Gasteiger partial charge in [-0.05, 0) is 40.9 Å². The van der Waals surface area contributed by atoms with Gasteiger partial charge in [0.1, 0.15) is 5.82 Å². The number of nitrogens with two attached hydrogens (primary N) is 1. The molecule has 0 amide bonds. The van der Waals surface area contributed by atoms with Crippen molar-refractivity contribution in [3.8, 4) is 11.4 Å². The van der Waals surface area contributed by atoms with Crippen LogP contribution in [0.3, 0.4) is 0 Å². The van der Waals surface area contributed by atoms with E-state index in [4.69, 9.17) is 5.73 Å². The molecule has 0 spiro atoms. The summed E-state index contributed by atoms with van der Waals surface area (Å²) in [6.45, 7) is 0. The van der Waals surface area contributed by atoms with Crippen LogP contribution in [-0.4, -0.2) is 15.0 Å². The molecule has 4 nitrogen and oxygen atoms in total. The molecule has 1 aromatic heterocycles. The number of nitrogens with zero attached hydrogens (tertiary/aromatic N) is 3. The van der Waals surface area contributed by atoms with Crippen LogP contribution in [0.4, 0.5) is 14.7 Å². The van der Waals surface area contributed by atoms with Crippen LogP contribution < -0.4 is 5.73 Å². The van der Waals surface area contributed by atoms with Crippen LogP contribution in [0.15, 0.2) is 16.6 Å². The summed E-state index contributed by atoms with van der Waals surface area (Å²) in [5, 5.41) is 0. The first-order chi connectivity index (χ1) is 10.1. The molecule has 21 heavy (non-hydrogen) atoms. The third kappa shape index (κ3) is 2.74. The van der Waals surface area contributed by atoms with Gasteiger partial charge in [-0.15, -0.1) is 0 Å². The van der Waals surface area contributed by atoms with Gasteiger partial charge in [0.05, 0.1) is 4.47 Å². The van der Waals surface area contributed by atoms with Crippen molar-refractivity contribution >= 4 is 21.9 Å². The van der Waals surface area contributed by atoms with E-state index in [2.05, 4.69) is 30.9 Å². The number of benzene rings is 1. The van der Waals surface area contributed by atoms with E-state index in [0.717, 1.165) is 31.7 Å². The van der Waals surface area contributed by atoms with E-state index in [0.29, 0.717) is 11.4 Å². The molecule has 1 aromatic carbocycles. The number of hydrogen-bond acceptors (Lipinski definition) is 4. The maximum absolute atomic E-state index is 13.7. The highest BCUT2D eigenvalue weighted by atomic mass is 79.9. The zero-order chi connectivity index (χ0) is 15.0. The smallest absolute Gasteiger partial charge is 0.223 e. The second-order valence-electron chi connectivity index (χ2n) is 5.08. The number of anilines is 1. The monoisotopic (exact) mass is 354 g/mol. The minimum absolute atomic E-state index is 0.00882. The summed E-state index contributed by atoms with van der Waals surface area (Å²) in [5.41, 5.74) is 6.10. The van der Waals surface area contributed by atoms with Gasteiger partial charge in [-0.2, -0.15) is 9.97 Å². The van der Waals surface area contributed by atoms with Gasteiger partial charge in [-0.1, -0.05) is 12.8 Å². The van der Waals surface area contributed by atoms with Gasteiger partial charge >= 0.3 is 0 Å². The Bertz CT molecular complexity index is 687. The molecule has 0 atom stereocenters. The normalized spacial score (nSPS) is 15.6. The Balaban J connectivity index is 2.08. The maximum atomic E-state index is 13.7. The second-order valence-corrected chi connectivity index (χ2v) is 5.87. The predicted octanol–water partition coefficient (Wildman–Crippen LogP) is 3.82. The van der Waals surface area contributed by atoms with E-state index in [-0.39, 0.29) is 22.2 Å². The van der Waals surface area contributed by atoms with Crippen molar-refractivity contribution in [2.75, 3.05) is 5.73 Å². The molecule has 1 aliphatic carbocycles. The van der Waals surface area contributed by atoms with Crippen molar-refractivity contribution in [3.63, 3.8) is 0 Å². The molecule has 1 aliphatic rings. The lowest BCUT2D eigenvalue weighted by molar-refractivity contribution is 0.504. The number of rotatable bonds is 2. The summed E-state index contributed by atoms with van der Waals surface area (Å²) in [4.78, 5) is 12.6. The molecular weight excluding hydrogens is 342 g/mol. The zero-order valence-corrected chi connectivity index (χ0v) is 12.7. The standard InChI is InChI=1S/C14H13BrF2N4/c15-10-8(5-6-9(16)11(10)17)13-19-12(20-14(18)21-13)7-3-1-2-4-7/h5-7H,1-4H2,(H2,18,19,20,21). The highest BCUT2D eigenvalue weighted by Gasteiger charge is 2.22. The summed E-state index contributed by atoms with van der Waals surface area (Å²) in [5.74, 6) is -0.643. The van der Waals surface area contributed by atoms with Crippen molar-refractivity contribution in [2.24, 2.45) is 0 Å². The van der Waals surface area contributed by atoms with Crippen LogP contribution in [0.5, 0.6) is 0 Å².